The molecular weight excluding hydrogens is 326 g/mol. The first kappa shape index (κ1) is 18.6. The van der Waals surface area contributed by atoms with E-state index in [1.165, 1.54) is 42.8 Å². The number of rotatable bonds is 6. The van der Waals surface area contributed by atoms with E-state index in [4.69, 9.17) is 4.98 Å². The SMILES string of the molecule is CC(C)NC1CCN(Cc2csc(-c3ccc(C(C)C)cc3)n2)CC1. The van der Waals surface area contributed by atoms with Crippen LogP contribution in [-0.4, -0.2) is 35.1 Å². The summed E-state index contributed by atoms with van der Waals surface area (Å²) >= 11 is 1.76. The van der Waals surface area contributed by atoms with Gasteiger partial charge >= 0.3 is 0 Å². The molecule has 0 aliphatic carbocycles. The molecule has 136 valence electrons. The summed E-state index contributed by atoms with van der Waals surface area (Å²) < 4.78 is 0. The van der Waals surface area contributed by atoms with E-state index in [1.807, 2.05) is 0 Å². The molecule has 0 spiro atoms. The van der Waals surface area contributed by atoms with Crippen LogP contribution in [0, 0.1) is 0 Å². The molecule has 1 aliphatic heterocycles. The first-order valence-electron chi connectivity index (χ1n) is 9.54. The van der Waals surface area contributed by atoms with Crippen molar-refractivity contribution in [2.45, 2.75) is 65.1 Å². The van der Waals surface area contributed by atoms with Crippen molar-refractivity contribution in [2.24, 2.45) is 0 Å². The molecule has 2 aromatic rings. The topological polar surface area (TPSA) is 28.2 Å². The van der Waals surface area contributed by atoms with Crippen molar-refractivity contribution in [3.63, 3.8) is 0 Å². The van der Waals surface area contributed by atoms with Crippen molar-refractivity contribution in [3.8, 4) is 10.6 Å². The normalized spacial score (nSPS) is 16.9. The molecule has 1 aromatic heterocycles. The van der Waals surface area contributed by atoms with Gasteiger partial charge in [0.2, 0.25) is 0 Å². The zero-order valence-electron chi connectivity index (χ0n) is 16.0. The highest BCUT2D eigenvalue weighted by Gasteiger charge is 2.20. The molecule has 1 aliphatic rings. The van der Waals surface area contributed by atoms with Crippen LogP contribution in [0.15, 0.2) is 29.6 Å². The van der Waals surface area contributed by atoms with E-state index in [1.54, 1.807) is 11.3 Å². The highest BCUT2D eigenvalue weighted by molar-refractivity contribution is 7.13. The Morgan fingerprint density at radius 2 is 1.80 bits per heavy atom. The molecule has 1 saturated heterocycles. The lowest BCUT2D eigenvalue weighted by Gasteiger charge is -2.33. The van der Waals surface area contributed by atoms with Crippen molar-refractivity contribution in [2.75, 3.05) is 13.1 Å². The molecule has 0 amide bonds. The maximum atomic E-state index is 4.88. The lowest BCUT2D eigenvalue weighted by Crippen LogP contribution is -2.44. The average Bonchev–Trinajstić information content (AvgIpc) is 3.05. The molecule has 2 heterocycles. The highest BCUT2D eigenvalue weighted by Crippen LogP contribution is 2.26. The molecule has 0 saturated carbocycles. The second-order valence-corrected chi connectivity index (χ2v) is 8.65. The van der Waals surface area contributed by atoms with Crippen LogP contribution in [0.1, 0.15) is 57.7 Å². The van der Waals surface area contributed by atoms with Gasteiger partial charge in [-0.1, -0.05) is 52.0 Å². The molecule has 0 radical (unpaired) electrons. The summed E-state index contributed by atoms with van der Waals surface area (Å²) in [6.07, 6.45) is 2.48. The Kier molecular flexibility index (Phi) is 6.26. The first-order chi connectivity index (χ1) is 12.0. The van der Waals surface area contributed by atoms with Crippen LogP contribution >= 0.6 is 11.3 Å². The molecule has 1 aromatic carbocycles. The summed E-state index contributed by atoms with van der Waals surface area (Å²) in [5.41, 5.74) is 3.84. The van der Waals surface area contributed by atoms with E-state index >= 15 is 0 Å². The minimum atomic E-state index is 0.578. The highest BCUT2D eigenvalue weighted by atomic mass is 32.1. The van der Waals surface area contributed by atoms with Gasteiger partial charge in [0.1, 0.15) is 5.01 Å². The van der Waals surface area contributed by atoms with E-state index in [0.29, 0.717) is 18.0 Å². The molecule has 25 heavy (non-hydrogen) atoms. The number of hydrogen-bond donors (Lipinski definition) is 1. The van der Waals surface area contributed by atoms with Crippen LogP contribution in [0.2, 0.25) is 0 Å². The fourth-order valence-corrected chi connectivity index (χ4v) is 4.30. The third-order valence-corrected chi connectivity index (χ3v) is 5.86. The number of thiazole rings is 1. The lowest BCUT2D eigenvalue weighted by atomic mass is 10.0. The summed E-state index contributed by atoms with van der Waals surface area (Å²) in [5.74, 6) is 0.578. The molecule has 3 nitrogen and oxygen atoms in total. The standard InChI is InChI=1S/C21H31N3S/c1-15(2)17-5-7-18(8-6-17)21-23-20(14-25-21)13-24-11-9-19(10-12-24)22-16(3)4/h5-8,14-16,19,22H,9-13H2,1-4H3. The van der Waals surface area contributed by atoms with Crippen LogP contribution in [0.3, 0.4) is 0 Å². The van der Waals surface area contributed by atoms with Crippen molar-refractivity contribution < 1.29 is 0 Å². The molecule has 0 atom stereocenters. The Morgan fingerprint density at radius 1 is 1.12 bits per heavy atom. The Balaban J connectivity index is 1.55. The van der Waals surface area contributed by atoms with Crippen molar-refractivity contribution in [1.82, 2.24) is 15.2 Å². The van der Waals surface area contributed by atoms with E-state index in [9.17, 15) is 0 Å². The minimum absolute atomic E-state index is 0.578. The third kappa shape index (κ3) is 5.13. The van der Waals surface area contributed by atoms with Gasteiger partial charge in [-0.05, 0) is 24.3 Å². The van der Waals surface area contributed by atoms with Gasteiger partial charge in [-0.15, -0.1) is 11.3 Å². The van der Waals surface area contributed by atoms with Gasteiger partial charge < -0.3 is 5.32 Å². The first-order valence-corrected chi connectivity index (χ1v) is 10.4. The van der Waals surface area contributed by atoms with Crippen molar-refractivity contribution in [3.05, 3.63) is 40.9 Å². The van der Waals surface area contributed by atoms with Gasteiger partial charge in [-0.3, -0.25) is 4.90 Å². The summed E-state index contributed by atoms with van der Waals surface area (Å²) in [5, 5.41) is 7.03. The molecule has 0 unspecified atom stereocenters. The van der Waals surface area contributed by atoms with Gasteiger partial charge in [-0.2, -0.15) is 0 Å². The number of piperidine rings is 1. The number of hydrogen-bond acceptors (Lipinski definition) is 4. The minimum Gasteiger partial charge on any atom is -0.312 e. The number of benzene rings is 1. The van der Waals surface area contributed by atoms with Gasteiger partial charge in [0.05, 0.1) is 5.69 Å². The third-order valence-electron chi connectivity index (χ3n) is 4.92. The molecule has 4 heteroatoms. The summed E-state index contributed by atoms with van der Waals surface area (Å²) in [6, 6.07) is 10.1. The predicted octanol–water partition coefficient (Wildman–Crippen LogP) is 4.90. The van der Waals surface area contributed by atoms with E-state index in [0.717, 1.165) is 11.6 Å². The van der Waals surface area contributed by atoms with E-state index in [2.05, 4.69) is 67.6 Å². The van der Waals surface area contributed by atoms with E-state index < -0.39 is 0 Å². The molecule has 1 N–H and O–H groups in total. The number of nitrogens with one attached hydrogen (secondary N) is 1. The Labute approximate surface area is 156 Å². The number of likely N-dealkylation sites (tertiary alicyclic amines) is 1. The van der Waals surface area contributed by atoms with Gasteiger partial charge in [0.25, 0.3) is 0 Å². The largest absolute Gasteiger partial charge is 0.312 e. The van der Waals surface area contributed by atoms with Crippen molar-refractivity contribution in [1.29, 1.82) is 0 Å². The molecule has 0 bridgehead atoms. The smallest absolute Gasteiger partial charge is 0.123 e. The lowest BCUT2D eigenvalue weighted by molar-refractivity contribution is 0.185. The van der Waals surface area contributed by atoms with Gasteiger partial charge in [0, 0.05) is 42.7 Å². The van der Waals surface area contributed by atoms with Gasteiger partial charge in [0.15, 0.2) is 0 Å². The maximum Gasteiger partial charge on any atom is 0.123 e. The summed E-state index contributed by atoms with van der Waals surface area (Å²) in [4.78, 5) is 7.42. The van der Waals surface area contributed by atoms with Crippen LogP contribution in [0.5, 0.6) is 0 Å². The van der Waals surface area contributed by atoms with Crippen molar-refractivity contribution >= 4 is 11.3 Å². The number of aromatic nitrogens is 1. The predicted molar refractivity (Wildman–Crippen MR) is 108 cm³/mol. The van der Waals surface area contributed by atoms with E-state index in [-0.39, 0.29) is 0 Å². The summed E-state index contributed by atoms with van der Waals surface area (Å²) in [7, 11) is 0. The fourth-order valence-electron chi connectivity index (χ4n) is 3.48. The second-order valence-electron chi connectivity index (χ2n) is 7.79. The van der Waals surface area contributed by atoms with Crippen LogP contribution in [-0.2, 0) is 6.54 Å². The fraction of sp³-hybridized carbons (Fsp3) is 0.571. The zero-order chi connectivity index (χ0) is 17.8. The monoisotopic (exact) mass is 357 g/mol. The van der Waals surface area contributed by atoms with Crippen LogP contribution in [0.4, 0.5) is 0 Å². The molecule has 3 rings (SSSR count). The molecule has 1 fully saturated rings. The quantitative estimate of drug-likeness (QED) is 0.797. The van der Waals surface area contributed by atoms with Gasteiger partial charge in [-0.25, -0.2) is 4.98 Å². The Bertz CT molecular complexity index is 652. The maximum absolute atomic E-state index is 4.88. The number of nitrogens with zero attached hydrogens (tertiary/aromatic N) is 2. The van der Waals surface area contributed by atoms with Crippen LogP contribution in [0.25, 0.3) is 10.6 Å². The van der Waals surface area contributed by atoms with Crippen LogP contribution < -0.4 is 5.32 Å². The average molecular weight is 358 g/mol. The Morgan fingerprint density at radius 3 is 2.40 bits per heavy atom. The Hall–Kier alpha value is -1.23. The zero-order valence-corrected chi connectivity index (χ0v) is 16.8. The summed E-state index contributed by atoms with van der Waals surface area (Å²) in [6.45, 7) is 12.2. The second kappa shape index (κ2) is 8.43. The molecular formula is C21H31N3S.